The van der Waals surface area contributed by atoms with Gasteiger partial charge in [0.05, 0.1) is 18.6 Å². The lowest BCUT2D eigenvalue weighted by atomic mass is 9.81. The number of carboxylic acid groups (broad SMARTS) is 1. The van der Waals surface area contributed by atoms with Crippen molar-refractivity contribution in [3.05, 3.63) is 94.3 Å². The normalized spacial score (nSPS) is 19.5. The van der Waals surface area contributed by atoms with Crippen LogP contribution in [0.4, 0.5) is 4.39 Å². The van der Waals surface area contributed by atoms with Gasteiger partial charge in [-0.3, -0.25) is 4.79 Å². The number of aliphatic carboxylic acids is 1. The first-order valence-corrected chi connectivity index (χ1v) is 11.7. The Labute approximate surface area is 194 Å². The third-order valence-corrected chi connectivity index (χ3v) is 7.23. The Balaban J connectivity index is 1.38. The second-order valence-electron chi connectivity index (χ2n) is 9.63. The number of fused-ring (bicyclic) bond motifs is 1. The van der Waals surface area contributed by atoms with Crippen molar-refractivity contribution in [3.8, 4) is 11.1 Å². The fourth-order valence-electron chi connectivity index (χ4n) is 5.16. The molecule has 0 aromatic heterocycles. The van der Waals surface area contributed by atoms with Crippen LogP contribution in [0.15, 0.2) is 60.7 Å². The van der Waals surface area contributed by atoms with Gasteiger partial charge in [0.1, 0.15) is 5.82 Å². The van der Waals surface area contributed by atoms with Crippen molar-refractivity contribution in [2.24, 2.45) is 11.8 Å². The Bertz CT molecular complexity index is 1180. The molecule has 33 heavy (non-hydrogen) atoms. The van der Waals surface area contributed by atoms with Gasteiger partial charge < -0.3 is 9.84 Å². The third kappa shape index (κ3) is 4.45. The first kappa shape index (κ1) is 21.8. The lowest BCUT2D eigenvalue weighted by molar-refractivity contribution is -0.142. The van der Waals surface area contributed by atoms with Gasteiger partial charge in [-0.15, -0.1) is 0 Å². The lowest BCUT2D eigenvalue weighted by Gasteiger charge is -2.28. The molecule has 4 heteroatoms. The molecule has 5 rings (SSSR count). The molecule has 2 aliphatic rings. The predicted octanol–water partition coefficient (Wildman–Crippen LogP) is 6.83. The standard InChI is InChI=1S/C29H29FO3/c1-17-3-12-26(30)25(13-17)19-4-6-20(7-5-19)27-15-24-14-22(10-11-23(24)16-33-27)28(21-8-9-21)18(2)29(31)32/h3-7,10-14,18,21,27-28H,8-9,15-16H2,1-2H3,(H,31,32)/t18-,27+,28-/m0/s1. The van der Waals surface area contributed by atoms with Crippen molar-refractivity contribution in [2.75, 3.05) is 0 Å². The van der Waals surface area contributed by atoms with Gasteiger partial charge in [0.25, 0.3) is 0 Å². The topological polar surface area (TPSA) is 46.5 Å². The van der Waals surface area contributed by atoms with E-state index in [4.69, 9.17) is 4.74 Å². The number of hydrogen-bond acceptors (Lipinski definition) is 2. The summed E-state index contributed by atoms with van der Waals surface area (Å²) in [5.74, 6) is -0.793. The van der Waals surface area contributed by atoms with Gasteiger partial charge >= 0.3 is 5.97 Å². The molecular formula is C29H29FO3. The van der Waals surface area contributed by atoms with E-state index in [0.29, 0.717) is 18.1 Å². The lowest BCUT2D eigenvalue weighted by Crippen LogP contribution is -2.22. The highest BCUT2D eigenvalue weighted by atomic mass is 19.1. The molecule has 1 saturated carbocycles. The molecule has 0 amide bonds. The number of carbonyl (C=O) groups is 1. The van der Waals surface area contributed by atoms with Gasteiger partial charge in [-0.05, 0) is 71.6 Å². The fraction of sp³-hybridized carbons (Fsp3) is 0.345. The number of aryl methyl sites for hydroxylation is 1. The predicted molar refractivity (Wildman–Crippen MR) is 127 cm³/mol. The molecule has 170 valence electrons. The number of hydrogen-bond donors (Lipinski definition) is 1. The molecule has 3 atom stereocenters. The van der Waals surface area contributed by atoms with Gasteiger partial charge in [0.15, 0.2) is 0 Å². The van der Waals surface area contributed by atoms with Crippen molar-refractivity contribution in [3.63, 3.8) is 0 Å². The number of ether oxygens (including phenoxy) is 1. The summed E-state index contributed by atoms with van der Waals surface area (Å²) in [5, 5.41) is 9.61. The maximum atomic E-state index is 14.3. The quantitative estimate of drug-likeness (QED) is 0.453. The Morgan fingerprint density at radius 3 is 2.48 bits per heavy atom. The van der Waals surface area contributed by atoms with E-state index in [1.807, 2.05) is 44.2 Å². The van der Waals surface area contributed by atoms with Crippen LogP contribution in [0.3, 0.4) is 0 Å². The Morgan fingerprint density at radius 1 is 1.03 bits per heavy atom. The summed E-state index contributed by atoms with van der Waals surface area (Å²) in [4.78, 5) is 11.7. The van der Waals surface area contributed by atoms with Crippen molar-refractivity contribution in [1.29, 1.82) is 0 Å². The molecule has 0 bridgehead atoms. The molecule has 3 aromatic rings. The van der Waals surface area contributed by atoms with E-state index < -0.39 is 5.97 Å². The molecule has 1 aliphatic heterocycles. The van der Waals surface area contributed by atoms with E-state index >= 15 is 0 Å². The Kier molecular flexibility index (Phi) is 5.79. The molecule has 1 aliphatic carbocycles. The van der Waals surface area contributed by atoms with Crippen LogP contribution in [-0.4, -0.2) is 11.1 Å². The van der Waals surface area contributed by atoms with Crippen LogP contribution >= 0.6 is 0 Å². The largest absolute Gasteiger partial charge is 0.481 e. The summed E-state index contributed by atoms with van der Waals surface area (Å²) in [6.07, 6.45) is 2.90. The summed E-state index contributed by atoms with van der Waals surface area (Å²) in [6, 6.07) is 19.5. The zero-order chi connectivity index (χ0) is 23.1. The van der Waals surface area contributed by atoms with Crippen molar-refractivity contribution in [1.82, 2.24) is 0 Å². The van der Waals surface area contributed by atoms with E-state index in [9.17, 15) is 14.3 Å². The summed E-state index contributed by atoms with van der Waals surface area (Å²) in [6.45, 7) is 4.33. The van der Waals surface area contributed by atoms with Crippen LogP contribution in [0, 0.1) is 24.6 Å². The summed E-state index contributed by atoms with van der Waals surface area (Å²) >= 11 is 0. The van der Waals surface area contributed by atoms with Crippen LogP contribution in [0.5, 0.6) is 0 Å². The van der Waals surface area contributed by atoms with Crippen LogP contribution in [0.25, 0.3) is 11.1 Å². The second kappa shape index (κ2) is 8.75. The Hall–Kier alpha value is -2.98. The zero-order valence-corrected chi connectivity index (χ0v) is 19.1. The molecule has 0 saturated heterocycles. The summed E-state index contributed by atoms with van der Waals surface area (Å²) in [5.41, 5.74) is 7.11. The third-order valence-electron chi connectivity index (χ3n) is 7.23. The highest BCUT2D eigenvalue weighted by Gasteiger charge is 2.39. The average molecular weight is 445 g/mol. The van der Waals surface area contributed by atoms with E-state index in [1.54, 1.807) is 6.07 Å². The number of rotatable bonds is 6. The highest BCUT2D eigenvalue weighted by molar-refractivity contribution is 5.71. The fourth-order valence-corrected chi connectivity index (χ4v) is 5.16. The van der Waals surface area contributed by atoms with Gasteiger partial charge in [-0.25, -0.2) is 4.39 Å². The summed E-state index contributed by atoms with van der Waals surface area (Å²) in [7, 11) is 0. The molecule has 0 spiro atoms. The molecule has 1 fully saturated rings. The van der Waals surface area contributed by atoms with E-state index in [0.717, 1.165) is 41.5 Å². The smallest absolute Gasteiger partial charge is 0.306 e. The van der Waals surface area contributed by atoms with Gasteiger partial charge in [0.2, 0.25) is 0 Å². The van der Waals surface area contributed by atoms with Crippen molar-refractivity contribution < 1.29 is 19.0 Å². The molecular weight excluding hydrogens is 415 g/mol. The molecule has 3 nitrogen and oxygen atoms in total. The first-order valence-electron chi connectivity index (χ1n) is 11.7. The van der Waals surface area contributed by atoms with Gasteiger partial charge in [0, 0.05) is 12.0 Å². The van der Waals surface area contributed by atoms with Crippen LogP contribution in [0.1, 0.15) is 59.6 Å². The van der Waals surface area contributed by atoms with E-state index in [1.165, 1.54) is 17.2 Å². The van der Waals surface area contributed by atoms with Crippen molar-refractivity contribution >= 4 is 5.97 Å². The van der Waals surface area contributed by atoms with E-state index in [2.05, 4.69) is 18.2 Å². The minimum Gasteiger partial charge on any atom is -0.481 e. The first-order chi connectivity index (χ1) is 15.9. The van der Waals surface area contributed by atoms with Crippen molar-refractivity contribution in [2.45, 2.75) is 51.7 Å². The molecule has 0 unspecified atom stereocenters. The SMILES string of the molecule is Cc1ccc(F)c(-c2ccc([C@H]3Cc4cc([C@H](C5CC5)[C@H](C)C(=O)O)ccc4CO3)cc2)c1. The van der Waals surface area contributed by atoms with Gasteiger partial charge in [-0.1, -0.05) is 61.0 Å². The second-order valence-corrected chi connectivity index (χ2v) is 9.63. The maximum absolute atomic E-state index is 14.3. The maximum Gasteiger partial charge on any atom is 0.306 e. The summed E-state index contributed by atoms with van der Waals surface area (Å²) < 4.78 is 20.4. The minimum atomic E-state index is -0.726. The van der Waals surface area contributed by atoms with Crippen LogP contribution in [-0.2, 0) is 22.6 Å². The Morgan fingerprint density at radius 2 is 1.79 bits per heavy atom. The highest BCUT2D eigenvalue weighted by Crippen LogP contribution is 2.47. The van der Waals surface area contributed by atoms with Crippen LogP contribution in [0.2, 0.25) is 0 Å². The number of halogens is 1. The monoisotopic (exact) mass is 444 g/mol. The average Bonchev–Trinajstić information content (AvgIpc) is 3.65. The molecule has 3 aromatic carbocycles. The molecule has 1 heterocycles. The van der Waals surface area contributed by atoms with Crippen LogP contribution < -0.4 is 0 Å². The number of benzene rings is 3. The zero-order valence-electron chi connectivity index (χ0n) is 19.1. The molecule has 1 N–H and O–H groups in total. The van der Waals surface area contributed by atoms with E-state index in [-0.39, 0.29) is 23.8 Å². The molecule has 0 radical (unpaired) electrons. The minimum absolute atomic E-state index is 0.0672. The van der Waals surface area contributed by atoms with Gasteiger partial charge in [-0.2, -0.15) is 0 Å². The number of carboxylic acids is 1.